The van der Waals surface area contributed by atoms with Crippen LogP contribution in [0.2, 0.25) is 12.1 Å². The van der Waals surface area contributed by atoms with Crippen LogP contribution >= 0.6 is 0 Å². The van der Waals surface area contributed by atoms with Gasteiger partial charge in [-0.2, -0.15) is 0 Å². The van der Waals surface area contributed by atoms with Crippen LogP contribution in [0.3, 0.4) is 0 Å². The van der Waals surface area contributed by atoms with Crippen molar-refractivity contribution in [1.82, 2.24) is 0 Å². The predicted molar refractivity (Wildman–Crippen MR) is 155 cm³/mol. The molecule has 0 aliphatic heterocycles. The summed E-state index contributed by atoms with van der Waals surface area (Å²) < 4.78 is 24.4. The molecule has 0 aromatic heterocycles. The second kappa shape index (κ2) is 28.6. The molecule has 0 aliphatic carbocycles. The summed E-state index contributed by atoms with van der Waals surface area (Å²) in [7, 11) is -2.23. The Labute approximate surface area is 221 Å². The maximum atomic E-state index is 6.59. The van der Waals surface area contributed by atoms with Gasteiger partial charge in [-0.15, -0.1) is 0 Å². The Bertz CT molecular complexity index is 359. The van der Waals surface area contributed by atoms with Gasteiger partial charge >= 0.3 is 8.56 Å². The fourth-order valence-corrected chi connectivity index (χ4v) is 8.13. The Morgan fingerprint density at radius 3 is 1.00 bits per heavy atom. The van der Waals surface area contributed by atoms with Gasteiger partial charge < -0.3 is 18.3 Å². The molecule has 35 heavy (non-hydrogen) atoms. The lowest BCUT2D eigenvalue weighted by Gasteiger charge is -2.31. The zero-order chi connectivity index (χ0) is 25.7. The van der Waals surface area contributed by atoms with Crippen molar-refractivity contribution < 1.29 is 18.3 Å². The molecule has 0 aromatic rings. The van der Waals surface area contributed by atoms with Gasteiger partial charge in [0, 0.05) is 13.2 Å². The summed E-state index contributed by atoms with van der Waals surface area (Å²) in [6.07, 6.45) is 24.5. The molecule has 0 unspecified atom stereocenters. The first-order chi connectivity index (χ1) is 17.2. The van der Waals surface area contributed by atoms with Crippen LogP contribution in [-0.2, 0) is 18.3 Å². The highest BCUT2D eigenvalue weighted by Gasteiger charge is 2.36. The monoisotopic (exact) mass is 516 g/mol. The minimum absolute atomic E-state index is 0.670. The Morgan fingerprint density at radius 2 is 0.686 bits per heavy atom. The van der Waals surface area contributed by atoms with E-state index >= 15 is 0 Å². The van der Waals surface area contributed by atoms with Gasteiger partial charge in [0.05, 0.1) is 26.4 Å². The van der Waals surface area contributed by atoms with Crippen molar-refractivity contribution in [2.75, 3.05) is 39.6 Å². The summed E-state index contributed by atoms with van der Waals surface area (Å²) in [6, 6.07) is 2.25. The van der Waals surface area contributed by atoms with E-state index in [2.05, 4.69) is 13.8 Å². The van der Waals surface area contributed by atoms with Crippen molar-refractivity contribution in [3.63, 3.8) is 0 Å². The molecule has 0 spiro atoms. The zero-order valence-electron chi connectivity index (χ0n) is 24.5. The maximum Gasteiger partial charge on any atom is 0.338 e. The molecule has 212 valence electrons. The Hall–Kier alpha value is 0.0569. The summed E-state index contributed by atoms with van der Waals surface area (Å²) in [5.41, 5.74) is 0. The molecule has 0 rings (SSSR count). The first-order valence-corrected chi connectivity index (χ1v) is 17.9. The molecule has 0 atom stereocenters. The second-order valence-electron chi connectivity index (χ2n) is 10.2. The molecule has 4 nitrogen and oxygen atoms in total. The van der Waals surface area contributed by atoms with E-state index in [4.69, 9.17) is 18.3 Å². The second-order valence-corrected chi connectivity index (χ2v) is 13.6. The van der Waals surface area contributed by atoms with Crippen LogP contribution < -0.4 is 0 Å². The number of unbranched alkanes of at least 4 members (excludes halogenated alkanes) is 16. The third kappa shape index (κ3) is 24.2. The van der Waals surface area contributed by atoms with E-state index in [-0.39, 0.29) is 0 Å². The van der Waals surface area contributed by atoms with Crippen molar-refractivity contribution in [2.24, 2.45) is 0 Å². The third-order valence-corrected chi connectivity index (χ3v) is 10.6. The predicted octanol–water partition coefficient (Wildman–Crippen LogP) is 9.60. The highest BCUT2D eigenvalue weighted by molar-refractivity contribution is 6.67. The lowest BCUT2D eigenvalue weighted by molar-refractivity contribution is 0.0636. The van der Waals surface area contributed by atoms with E-state index in [1.165, 1.54) is 116 Å². The van der Waals surface area contributed by atoms with Crippen LogP contribution in [0.15, 0.2) is 0 Å². The van der Waals surface area contributed by atoms with Gasteiger partial charge in [-0.25, -0.2) is 0 Å². The number of hydrogen-bond acceptors (Lipinski definition) is 4. The van der Waals surface area contributed by atoms with E-state index in [1.807, 2.05) is 13.8 Å². The Kier molecular flexibility index (Phi) is 28.7. The summed E-state index contributed by atoms with van der Waals surface area (Å²) in [5, 5.41) is 0. The van der Waals surface area contributed by atoms with Crippen molar-refractivity contribution in [2.45, 2.75) is 155 Å². The molecule has 0 amide bonds. The summed E-state index contributed by atoms with van der Waals surface area (Å²) in [5.74, 6) is 0. The number of hydrogen-bond donors (Lipinski definition) is 0. The molecule has 0 radical (unpaired) electrons. The third-order valence-electron chi connectivity index (χ3n) is 6.92. The van der Waals surface area contributed by atoms with E-state index in [9.17, 15) is 0 Å². The molecule has 0 N–H and O–H groups in total. The van der Waals surface area contributed by atoms with Crippen LogP contribution in [0.25, 0.3) is 0 Å². The minimum atomic E-state index is -2.23. The van der Waals surface area contributed by atoms with E-state index < -0.39 is 8.56 Å². The van der Waals surface area contributed by atoms with Gasteiger partial charge in [-0.3, -0.25) is 0 Å². The first kappa shape index (κ1) is 35.1. The van der Waals surface area contributed by atoms with Crippen molar-refractivity contribution in [3.05, 3.63) is 0 Å². The number of rotatable bonds is 30. The molecular weight excluding hydrogens is 452 g/mol. The quantitative estimate of drug-likeness (QED) is 0.0703. The fraction of sp³-hybridized carbons (Fsp3) is 1.00. The summed E-state index contributed by atoms with van der Waals surface area (Å²) >= 11 is 0. The molecule has 0 heterocycles. The fourth-order valence-electron chi connectivity index (χ4n) is 4.73. The van der Waals surface area contributed by atoms with Crippen molar-refractivity contribution in [3.8, 4) is 0 Å². The molecule has 0 fully saturated rings. The molecule has 0 aromatic carbocycles. The Morgan fingerprint density at radius 1 is 0.371 bits per heavy atom. The Balaban J connectivity index is 4.54. The van der Waals surface area contributed by atoms with E-state index in [1.54, 1.807) is 0 Å². The van der Waals surface area contributed by atoms with Gasteiger partial charge in [-0.05, 0) is 25.9 Å². The van der Waals surface area contributed by atoms with Crippen LogP contribution in [0.1, 0.15) is 143 Å². The maximum absolute atomic E-state index is 6.59. The zero-order valence-corrected chi connectivity index (χ0v) is 25.5. The standard InChI is InChI=1S/C30H64O4Si/c1-5-9-11-13-15-17-19-21-23-29-35(33-27-25-31-7-3,34-28-26-32-8-4)30-24-22-20-18-16-14-12-10-6-2/h5-30H2,1-4H3. The van der Waals surface area contributed by atoms with E-state index in [0.717, 1.165) is 25.3 Å². The van der Waals surface area contributed by atoms with Gasteiger partial charge in [0.2, 0.25) is 0 Å². The largest absolute Gasteiger partial charge is 0.392 e. The van der Waals surface area contributed by atoms with Gasteiger partial charge in [0.15, 0.2) is 0 Å². The molecular formula is C30H64O4Si. The molecule has 5 heteroatoms. The minimum Gasteiger partial charge on any atom is -0.392 e. The van der Waals surface area contributed by atoms with Crippen LogP contribution in [0.4, 0.5) is 0 Å². The lowest BCUT2D eigenvalue weighted by Crippen LogP contribution is -2.44. The highest BCUT2D eigenvalue weighted by atomic mass is 28.4. The van der Waals surface area contributed by atoms with Crippen LogP contribution in [-0.4, -0.2) is 48.2 Å². The summed E-state index contributed by atoms with van der Waals surface area (Å²) in [4.78, 5) is 0. The van der Waals surface area contributed by atoms with Gasteiger partial charge in [0.25, 0.3) is 0 Å². The SMILES string of the molecule is CCCCCCCCCCC[Si](CCCCCCCCCCC)(OCCOCC)OCCOCC. The normalized spacial score (nSPS) is 12.0. The van der Waals surface area contributed by atoms with E-state index in [0.29, 0.717) is 26.4 Å². The average Bonchev–Trinajstić information content (AvgIpc) is 2.87. The lowest BCUT2D eigenvalue weighted by atomic mass is 10.1. The topological polar surface area (TPSA) is 36.9 Å². The smallest absolute Gasteiger partial charge is 0.338 e. The summed E-state index contributed by atoms with van der Waals surface area (Å²) in [6.45, 7) is 12.9. The van der Waals surface area contributed by atoms with Crippen LogP contribution in [0, 0.1) is 0 Å². The van der Waals surface area contributed by atoms with Gasteiger partial charge in [-0.1, -0.05) is 129 Å². The highest BCUT2D eigenvalue weighted by Crippen LogP contribution is 2.27. The van der Waals surface area contributed by atoms with Gasteiger partial charge in [0.1, 0.15) is 0 Å². The molecule has 0 aliphatic rings. The molecule has 0 saturated carbocycles. The molecule has 0 saturated heterocycles. The van der Waals surface area contributed by atoms with Crippen molar-refractivity contribution >= 4 is 8.56 Å². The van der Waals surface area contributed by atoms with Crippen molar-refractivity contribution in [1.29, 1.82) is 0 Å². The molecule has 0 bridgehead atoms. The van der Waals surface area contributed by atoms with Crippen LogP contribution in [0.5, 0.6) is 0 Å². The number of ether oxygens (including phenoxy) is 2. The first-order valence-electron chi connectivity index (χ1n) is 15.7. The average molecular weight is 517 g/mol.